The first kappa shape index (κ1) is 20.4. The van der Waals surface area contributed by atoms with Gasteiger partial charge in [0.15, 0.2) is 5.65 Å². The second-order valence-corrected chi connectivity index (χ2v) is 7.26. The van der Waals surface area contributed by atoms with Crippen LogP contribution in [0.4, 0.5) is 23.4 Å². The number of alkyl halides is 4. The second-order valence-electron chi connectivity index (χ2n) is 7.26. The molecule has 1 saturated heterocycles. The fourth-order valence-corrected chi connectivity index (χ4v) is 3.19. The Labute approximate surface area is 168 Å². The van der Waals surface area contributed by atoms with Crippen LogP contribution >= 0.6 is 0 Å². The molecule has 0 bridgehead atoms. The molecule has 3 atom stereocenters. The lowest BCUT2D eigenvalue weighted by Crippen LogP contribution is -2.46. The minimum Gasteiger partial charge on any atom is -0.375 e. The summed E-state index contributed by atoms with van der Waals surface area (Å²) in [5.74, 6) is 0.329. The molecule has 4 rings (SSSR count). The molecule has 0 spiro atoms. The van der Waals surface area contributed by atoms with E-state index in [9.17, 15) is 22.7 Å². The summed E-state index contributed by atoms with van der Waals surface area (Å²) in [4.78, 5) is 16.3. The van der Waals surface area contributed by atoms with Crippen molar-refractivity contribution in [3.8, 4) is 11.4 Å². The molecule has 8 nitrogen and oxygen atoms in total. The molecule has 3 N–H and O–H groups in total. The molecule has 0 saturated carbocycles. The molecule has 0 radical (unpaired) electrons. The minimum atomic E-state index is -4.91. The molecule has 3 aromatic rings. The van der Waals surface area contributed by atoms with Crippen LogP contribution in [-0.2, 0) is 5.60 Å². The van der Waals surface area contributed by atoms with Crippen molar-refractivity contribution < 1.29 is 22.7 Å². The Balaban J connectivity index is 1.69. The van der Waals surface area contributed by atoms with Crippen LogP contribution in [0.15, 0.2) is 31.0 Å². The molecule has 0 aromatic carbocycles. The number of hydrogen-bond acceptors (Lipinski definition) is 7. The first-order valence-electron chi connectivity index (χ1n) is 9.23. The van der Waals surface area contributed by atoms with Crippen molar-refractivity contribution in [3.63, 3.8) is 0 Å². The number of imidazole rings is 1. The molecule has 3 aromatic heterocycles. The van der Waals surface area contributed by atoms with Gasteiger partial charge in [-0.2, -0.15) is 13.2 Å². The van der Waals surface area contributed by atoms with Crippen LogP contribution in [0.5, 0.6) is 0 Å². The summed E-state index contributed by atoms with van der Waals surface area (Å²) < 4.78 is 55.0. The summed E-state index contributed by atoms with van der Waals surface area (Å²) in [7, 11) is 0. The Bertz CT molecular complexity index is 1050. The highest BCUT2D eigenvalue weighted by Crippen LogP contribution is 2.37. The summed E-state index contributed by atoms with van der Waals surface area (Å²) >= 11 is 0. The van der Waals surface area contributed by atoms with E-state index in [2.05, 4.69) is 30.6 Å². The molecule has 30 heavy (non-hydrogen) atoms. The number of piperidine rings is 1. The van der Waals surface area contributed by atoms with E-state index in [-0.39, 0.29) is 5.65 Å². The molecule has 1 fully saturated rings. The van der Waals surface area contributed by atoms with Gasteiger partial charge in [0.1, 0.15) is 17.7 Å². The van der Waals surface area contributed by atoms with Crippen LogP contribution in [0, 0.1) is 0 Å². The molecule has 160 valence electrons. The molecule has 0 aliphatic carbocycles. The first-order valence-corrected chi connectivity index (χ1v) is 9.23. The zero-order valence-corrected chi connectivity index (χ0v) is 15.9. The van der Waals surface area contributed by atoms with Gasteiger partial charge in [0.2, 0.25) is 5.60 Å². The first-order chi connectivity index (χ1) is 14.2. The highest BCUT2D eigenvalue weighted by atomic mass is 19.4. The van der Waals surface area contributed by atoms with E-state index in [4.69, 9.17) is 0 Å². The Hall–Kier alpha value is -2.86. The fourth-order valence-electron chi connectivity index (χ4n) is 3.19. The van der Waals surface area contributed by atoms with Crippen molar-refractivity contribution >= 4 is 11.5 Å². The maximum Gasteiger partial charge on any atom is 0.422 e. The highest BCUT2D eigenvalue weighted by Gasteiger charge is 2.52. The number of aromatic nitrogens is 5. The highest BCUT2D eigenvalue weighted by molar-refractivity contribution is 5.60. The van der Waals surface area contributed by atoms with Gasteiger partial charge in [-0.3, -0.25) is 14.4 Å². The van der Waals surface area contributed by atoms with Crippen molar-refractivity contribution in [3.05, 3.63) is 36.7 Å². The van der Waals surface area contributed by atoms with Gasteiger partial charge < -0.3 is 15.7 Å². The third-order valence-corrected chi connectivity index (χ3v) is 5.07. The van der Waals surface area contributed by atoms with Gasteiger partial charge in [-0.1, -0.05) is 0 Å². The largest absolute Gasteiger partial charge is 0.422 e. The zero-order chi connectivity index (χ0) is 21.5. The Kier molecular flexibility index (Phi) is 5.06. The molecule has 1 unspecified atom stereocenters. The summed E-state index contributed by atoms with van der Waals surface area (Å²) in [5, 5.41) is 16.0. The monoisotopic (exact) mass is 425 g/mol. The van der Waals surface area contributed by atoms with Crippen molar-refractivity contribution in [2.75, 3.05) is 18.4 Å². The number of anilines is 1. The maximum atomic E-state index is 14.1. The average Bonchev–Trinajstić information content (AvgIpc) is 3.12. The number of fused-ring (bicyclic) bond motifs is 1. The van der Waals surface area contributed by atoms with E-state index >= 15 is 0 Å². The van der Waals surface area contributed by atoms with Gasteiger partial charge in [0.25, 0.3) is 0 Å². The van der Waals surface area contributed by atoms with Crippen molar-refractivity contribution in [2.45, 2.75) is 37.3 Å². The summed E-state index contributed by atoms with van der Waals surface area (Å²) in [6, 6.07) is -0.469. The lowest BCUT2D eigenvalue weighted by atomic mass is 10.0. The quantitative estimate of drug-likeness (QED) is 0.551. The molecule has 12 heteroatoms. The lowest BCUT2D eigenvalue weighted by Gasteiger charge is -2.27. The normalized spacial score (nSPS) is 22.1. The van der Waals surface area contributed by atoms with Crippen LogP contribution in [0.2, 0.25) is 0 Å². The molecule has 1 aliphatic rings. The zero-order valence-electron chi connectivity index (χ0n) is 15.9. The van der Waals surface area contributed by atoms with Crippen molar-refractivity contribution in [2.24, 2.45) is 0 Å². The number of nitrogens with one attached hydrogen (secondary N) is 2. The number of hydrogen-bond donors (Lipinski definition) is 3. The summed E-state index contributed by atoms with van der Waals surface area (Å²) in [6.07, 6.45) is 0.911. The van der Waals surface area contributed by atoms with Crippen LogP contribution in [-0.4, -0.2) is 60.9 Å². The van der Waals surface area contributed by atoms with E-state index in [0.717, 1.165) is 12.4 Å². The van der Waals surface area contributed by atoms with E-state index in [1.54, 1.807) is 0 Å². The van der Waals surface area contributed by atoms with Gasteiger partial charge in [-0.15, -0.1) is 0 Å². The number of nitrogens with zero attached hydrogens (tertiary/aromatic N) is 5. The van der Waals surface area contributed by atoms with Gasteiger partial charge in [0.05, 0.1) is 42.2 Å². The maximum absolute atomic E-state index is 14.1. The van der Waals surface area contributed by atoms with Crippen LogP contribution in [0.1, 0.15) is 19.0 Å². The number of aliphatic hydroxyl groups is 1. The SMILES string of the molecule is CC(O)(c1cn2c(-c3cncc(N[C@H]4CNCC[C@@H]4F)n3)cnc2cn1)C(F)(F)F. The molecule has 1 aliphatic heterocycles. The van der Waals surface area contributed by atoms with Gasteiger partial charge >= 0.3 is 6.18 Å². The molecule has 4 heterocycles. The Morgan fingerprint density at radius 3 is 2.73 bits per heavy atom. The van der Waals surface area contributed by atoms with Crippen LogP contribution in [0.3, 0.4) is 0 Å². The topological polar surface area (TPSA) is 100 Å². The number of rotatable bonds is 4. The van der Waals surface area contributed by atoms with Gasteiger partial charge in [-0.05, 0) is 19.9 Å². The third kappa shape index (κ3) is 3.67. The van der Waals surface area contributed by atoms with Crippen molar-refractivity contribution in [1.82, 2.24) is 29.7 Å². The minimum absolute atomic E-state index is 0.271. The predicted octanol–water partition coefficient (Wildman–Crippen LogP) is 2.07. The standard InChI is InChI=1S/C18H19F4N7O/c1-17(30,18(20,21)22)14-9-29-13(6-26-16(29)8-25-14)12-5-24-7-15(28-12)27-11-4-23-3-2-10(11)19/h5-11,23,30H,2-4H2,1H3,(H,27,28)/t10-,11-,17?/m0/s1. The predicted molar refractivity (Wildman–Crippen MR) is 99.4 cm³/mol. The van der Waals surface area contributed by atoms with Crippen LogP contribution in [0.25, 0.3) is 17.0 Å². The fraction of sp³-hybridized carbons (Fsp3) is 0.444. The lowest BCUT2D eigenvalue weighted by molar-refractivity contribution is -0.260. The van der Waals surface area contributed by atoms with Crippen LogP contribution < -0.4 is 10.6 Å². The van der Waals surface area contributed by atoms with Gasteiger partial charge in [0, 0.05) is 12.7 Å². The number of halogens is 4. The Morgan fingerprint density at radius 2 is 2.00 bits per heavy atom. The Morgan fingerprint density at radius 1 is 1.20 bits per heavy atom. The smallest absolute Gasteiger partial charge is 0.375 e. The molecule has 0 amide bonds. The van der Waals surface area contributed by atoms with E-state index in [0.29, 0.717) is 43.6 Å². The molecular weight excluding hydrogens is 406 g/mol. The van der Waals surface area contributed by atoms with E-state index in [1.807, 2.05) is 0 Å². The molecular formula is C18H19F4N7O. The van der Waals surface area contributed by atoms with E-state index < -0.39 is 29.7 Å². The summed E-state index contributed by atoms with van der Waals surface area (Å²) in [6.45, 7) is 1.67. The average molecular weight is 425 g/mol. The third-order valence-electron chi connectivity index (χ3n) is 5.07. The summed E-state index contributed by atoms with van der Waals surface area (Å²) in [5.41, 5.74) is -2.79. The second kappa shape index (κ2) is 7.43. The van der Waals surface area contributed by atoms with Gasteiger partial charge in [-0.25, -0.2) is 14.4 Å². The van der Waals surface area contributed by atoms with E-state index in [1.165, 1.54) is 23.0 Å². The van der Waals surface area contributed by atoms with Crippen molar-refractivity contribution in [1.29, 1.82) is 0 Å².